The van der Waals surface area contributed by atoms with Crippen molar-refractivity contribution in [2.75, 3.05) is 18.0 Å². The zero-order chi connectivity index (χ0) is 14.4. The lowest BCUT2D eigenvalue weighted by molar-refractivity contribution is 0.584. The van der Waals surface area contributed by atoms with Crippen LogP contribution in [0.5, 0.6) is 0 Å². The molecule has 0 unspecified atom stereocenters. The summed E-state index contributed by atoms with van der Waals surface area (Å²) in [5.74, 6) is 0.679. The summed E-state index contributed by atoms with van der Waals surface area (Å²) >= 11 is 1.61. The van der Waals surface area contributed by atoms with Crippen LogP contribution in [0, 0.1) is 0 Å². The second-order valence-electron chi connectivity index (χ2n) is 4.13. The third kappa shape index (κ3) is 4.26. The van der Waals surface area contributed by atoms with E-state index in [9.17, 15) is 8.42 Å². The molecule has 4 nitrogen and oxygen atoms in total. The number of hydrogen-bond acceptors (Lipinski definition) is 4. The average molecular weight is 308 g/mol. The maximum Gasteiger partial charge on any atom is 0.240 e. The molecule has 0 aliphatic rings. The monoisotopic (exact) mass is 308 g/mol. The number of hydrogen-bond donors (Lipinski definition) is 2. The first-order valence-corrected chi connectivity index (χ1v) is 8.58. The van der Waals surface area contributed by atoms with Gasteiger partial charge in [-0.25, -0.2) is 13.1 Å². The van der Waals surface area contributed by atoms with Crippen LogP contribution < -0.4 is 10.5 Å². The van der Waals surface area contributed by atoms with E-state index < -0.39 is 10.0 Å². The maximum absolute atomic E-state index is 12.0. The van der Waals surface area contributed by atoms with E-state index in [1.54, 1.807) is 23.9 Å². The number of nitrogens with one attached hydrogen (secondary N) is 1. The van der Waals surface area contributed by atoms with E-state index in [1.165, 1.54) is 12.1 Å². The highest BCUT2D eigenvalue weighted by atomic mass is 32.2. The lowest BCUT2D eigenvalue weighted by Crippen LogP contribution is -2.26. The molecule has 20 heavy (non-hydrogen) atoms. The molecule has 0 amide bonds. The number of anilines is 1. The molecule has 0 heterocycles. The quantitative estimate of drug-likeness (QED) is 0.488. The van der Waals surface area contributed by atoms with Crippen LogP contribution in [0.4, 0.5) is 5.69 Å². The minimum Gasteiger partial charge on any atom is -0.399 e. The summed E-state index contributed by atoms with van der Waals surface area (Å²) in [6, 6.07) is 16.0. The zero-order valence-corrected chi connectivity index (χ0v) is 12.5. The molecule has 2 rings (SSSR count). The molecule has 0 saturated carbocycles. The molecule has 0 spiro atoms. The molecule has 0 aliphatic carbocycles. The Bertz CT molecular complexity index is 641. The van der Waals surface area contributed by atoms with Gasteiger partial charge in [-0.3, -0.25) is 0 Å². The fraction of sp³-hybridized carbons (Fsp3) is 0.143. The smallest absolute Gasteiger partial charge is 0.240 e. The van der Waals surface area contributed by atoms with E-state index in [4.69, 9.17) is 5.73 Å². The van der Waals surface area contributed by atoms with Crippen LogP contribution in [0.15, 0.2) is 64.4 Å². The average Bonchev–Trinajstić information content (AvgIpc) is 2.45. The molecule has 6 heteroatoms. The predicted molar refractivity (Wildman–Crippen MR) is 83.2 cm³/mol. The topological polar surface area (TPSA) is 72.2 Å². The van der Waals surface area contributed by atoms with Crippen molar-refractivity contribution in [2.24, 2.45) is 0 Å². The van der Waals surface area contributed by atoms with Gasteiger partial charge in [0.1, 0.15) is 0 Å². The molecule has 0 aliphatic heterocycles. The highest BCUT2D eigenvalue weighted by molar-refractivity contribution is 7.99. The zero-order valence-electron chi connectivity index (χ0n) is 10.8. The molecular formula is C14H16N2O2S2. The minimum atomic E-state index is -3.45. The third-order valence-corrected chi connectivity index (χ3v) is 5.09. The van der Waals surface area contributed by atoms with Gasteiger partial charge in [-0.15, -0.1) is 11.8 Å². The summed E-state index contributed by atoms with van der Waals surface area (Å²) in [6.07, 6.45) is 0. The van der Waals surface area contributed by atoms with Crippen molar-refractivity contribution in [2.45, 2.75) is 9.79 Å². The number of nitrogens with two attached hydrogens (primary N) is 1. The minimum absolute atomic E-state index is 0.233. The Morgan fingerprint density at radius 1 is 1.00 bits per heavy atom. The standard InChI is InChI=1S/C14H16N2O2S2/c15-12-6-8-14(9-7-12)20(17,18)16-10-11-19-13-4-2-1-3-5-13/h1-9,16H,10-11,15H2. The molecule has 2 aromatic rings. The number of sulfonamides is 1. The number of benzene rings is 2. The van der Waals surface area contributed by atoms with Crippen molar-refractivity contribution in [3.8, 4) is 0 Å². The highest BCUT2D eigenvalue weighted by Gasteiger charge is 2.12. The van der Waals surface area contributed by atoms with Crippen LogP contribution >= 0.6 is 11.8 Å². The van der Waals surface area contributed by atoms with Gasteiger partial charge >= 0.3 is 0 Å². The van der Waals surface area contributed by atoms with Gasteiger partial charge in [0, 0.05) is 22.9 Å². The fourth-order valence-electron chi connectivity index (χ4n) is 1.59. The van der Waals surface area contributed by atoms with Crippen LogP contribution in [0.1, 0.15) is 0 Å². The van der Waals surface area contributed by atoms with E-state index in [0.717, 1.165) is 4.90 Å². The van der Waals surface area contributed by atoms with Crippen LogP contribution in [0.3, 0.4) is 0 Å². The second-order valence-corrected chi connectivity index (χ2v) is 7.06. The Morgan fingerprint density at radius 2 is 1.65 bits per heavy atom. The first-order valence-electron chi connectivity index (χ1n) is 6.11. The second kappa shape index (κ2) is 6.78. The van der Waals surface area contributed by atoms with E-state index in [2.05, 4.69) is 4.72 Å². The van der Waals surface area contributed by atoms with Crippen LogP contribution in [-0.2, 0) is 10.0 Å². The summed E-state index contributed by atoms with van der Waals surface area (Å²) in [4.78, 5) is 1.36. The van der Waals surface area contributed by atoms with Crippen LogP contribution in [-0.4, -0.2) is 20.7 Å². The lowest BCUT2D eigenvalue weighted by atomic mass is 10.3. The molecule has 106 valence electrons. The fourth-order valence-corrected chi connectivity index (χ4v) is 3.54. The van der Waals surface area contributed by atoms with Crippen molar-refractivity contribution in [1.82, 2.24) is 4.72 Å². The molecule has 0 fully saturated rings. The Hall–Kier alpha value is -1.50. The Labute approximate surface area is 123 Å². The van der Waals surface area contributed by atoms with Crippen LogP contribution in [0.25, 0.3) is 0 Å². The summed E-state index contributed by atoms with van der Waals surface area (Å²) in [5, 5.41) is 0. The lowest BCUT2D eigenvalue weighted by Gasteiger charge is -2.07. The molecule has 0 radical (unpaired) electrons. The molecule has 3 N–H and O–H groups in total. The van der Waals surface area contributed by atoms with E-state index in [1.807, 2.05) is 30.3 Å². The van der Waals surface area contributed by atoms with Gasteiger partial charge in [-0.05, 0) is 36.4 Å². The largest absolute Gasteiger partial charge is 0.399 e. The summed E-state index contributed by atoms with van der Waals surface area (Å²) in [6.45, 7) is 0.381. The van der Waals surface area contributed by atoms with E-state index >= 15 is 0 Å². The maximum atomic E-state index is 12.0. The van der Waals surface area contributed by atoms with Gasteiger partial charge in [-0.2, -0.15) is 0 Å². The van der Waals surface area contributed by atoms with Gasteiger partial charge < -0.3 is 5.73 Å². The van der Waals surface area contributed by atoms with Gasteiger partial charge in [0.15, 0.2) is 0 Å². The summed E-state index contributed by atoms with van der Waals surface area (Å²) < 4.78 is 26.6. The van der Waals surface area contributed by atoms with Crippen molar-refractivity contribution < 1.29 is 8.42 Å². The van der Waals surface area contributed by atoms with E-state index in [-0.39, 0.29) is 4.90 Å². The first kappa shape index (κ1) is 14.9. The summed E-state index contributed by atoms with van der Waals surface area (Å²) in [7, 11) is -3.45. The summed E-state index contributed by atoms with van der Waals surface area (Å²) in [5.41, 5.74) is 6.08. The van der Waals surface area contributed by atoms with Crippen LogP contribution in [0.2, 0.25) is 0 Å². The third-order valence-electron chi connectivity index (χ3n) is 2.60. The number of rotatable bonds is 6. The van der Waals surface area contributed by atoms with Gasteiger partial charge in [0.25, 0.3) is 0 Å². The molecule has 0 aromatic heterocycles. The predicted octanol–water partition coefficient (Wildman–Crippen LogP) is 2.34. The Kier molecular flexibility index (Phi) is 5.05. The van der Waals surface area contributed by atoms with E-state index in [0.29, 0.717) is 18.0 Å². The number of nitrogen functional groups attached to an aromatic ring is 1. The normalized spacial score (nSPS) is 11.4. The first-order chi connectivity index (χ1) is 9.58. The van der Waals surface area contributed by atoms with Gasteiger partial charge in [0.05, 0.1) is 4.90 Å². The Morgan fingerprint density at radius 3 is 2.30 bits per heavy atom. The molecule has 2 aromatic carbocycles. The van der Waals surface area contributed by atoms with Crippen molar-refractivity contribution in [3.05, 3.63) is 54.6 Å². The van der Waals surface area contributed by atoms with Gasteiger partial charge in [-0.1, -0.05) is 18.2 Å². The Balaban J connectivity index is 1.85. The number of thioether (sulfide) groups is 1. The highest BCUT2D eigenvalue weighted by Crippen LogP contribution is 2.16. The van der Waals surface area contributed by atoms with Crippen molar-refractivity contribution in [1.29, 1.82) is 0 Å². The molecule has 0 atom stereocenters. The van der Waals surface area contributed by atoms with Gasteiger partial charge in [0.2, 0.25) is 10.0 Å². The van der Waals surface area contributed by atoms with Crippen molar-refractivity contribution >= 4 is 27.5 Å². The SMILES string of the molecule is Nc1ccc(S(=O)(=O)NCCSc2ccccc2)cc1. The molecular weight excluding hydrogens is 292 g/mol. The molecule has 0 bridgehead atoms. The van der Waals surface area contributed by atoms with Crippen molar-refractivity contribution in [3.63, 3.8) is 0 Å². The molecule has 0 saturated heterocycles.